The molecule has 3 aromatic rings. The molecule has 25 heavy (non-hydrogen) atoms. The number of nitrogens with one attached hydrogen (secondary N) is 1. The van der Waals surface area contributed by atoms with E-state index in [9.17, 15) is 9.18 Å². The lowest BCUT2D eigenvalue weighted by Gasteiger charge is -2.06. The SMILES string of the molecule is O=C(NCc1ccc(F)cc1)c1ccc(COc2ccccc2Cl)o1. The van der Waals surface area contributed by atoms with E-state index in [4.69, 9.17) is 20.8 Å². The van der Waals surface area contributed by atoms with Crippen molar-refractivity contribution in [2.24, 2.45) is 0 Å². The van der Waals surface area contributed by atoms with Gasteiger partial charge in [0.15, 0.2) is 5.76 Å². The number of rotatable bonds is 6. The monoisotopic (exact) mass is 359 g/mol. The number of carbonyl (C=O) groups is 1. The molecular weight excluding hydrogens is 345 g/mol. The third-order valence-electron chi connectivity index (χ3n) is 3.46. The van der Waals surface area contributed by atoms with Crippen LogP contribution in [0.3, 0.4) is 0 Å². The van der Waals surface area contributed by atoms with Crippen molar-refractivity contribution >= 4 is 17.5 Å². The minimum absolute atomic E-state index is 0.162. The molecule has 1 amide bonds. The summed E-state index contributed by atoms with van der Waals surface area (Å²) in [5, 5.41) is 3.22. The molecule has 1 aromatic heterocycles. The average molecular weight is 360 g/mol. The van der Waals surface area contributed by atoms with Gasteiger partial charge in [0.25, 0.3) is 5.91 Å². The maximum Gasteiger partial charge on any atom is 0.287 e. The van der Waals surface area contributed by atoms with Gasteiger partial charge in [-0.15, -0.1) is 0 Å². The van der Waals surface area contributed by atoms with Crippen molar-refractivity contribution in [3.8, 4) is 5.75 Å². The Labute approximate surface area is 149 Å². The van der Waals surface area contributed by atoms with Gasteiger partial charge in [0.2, 0.25) is 0 Å². The van der Waals surface area contributed by atoms with E-state index in [0.29, 0.717) is 16.5 Å². The van der Waals surface area contributed by atoms with Gasteiger partial charge in [-0.1, -0.05) is 35.9 Å². The molecule has 3 rings (SSSR count). The molecule has 0 aliphatic heterocycles. The molecule has 0 aliphatic carbocycles. The molecule has 0 atom stereocenters. The van der Waals surface area contributed by atoms with Crippen LogP contribution in [0, 0.1) is 5.82 Å². The molecule has 0 radical (unpaired) electrons. The number of para-hydroxylation sites is 1. The van der Waals surface area contributed by atoms with Gasteiger partial charge in [0.05, 0.1) is 5.02 Å². The Bertz CT molecular complexity index is 861. The lowest BCUT2D eigenvalue weighted by Crippen LogP contribution is -2.22. The van der Waals surface area contributed by atoms with Gasteiger partial charge < -0.3 is 14.5 Å². The van der Waals surface area contributed by atoms with Crippen LogP contribution in [-0.4, -0.2) is 5.91 Å². The second-order valence-corrected chi connectivity index (χ2v) is 5.70. The summed E-state index contributed by atoms with van der Waals surface area (Å²) in [6.45, 7) is 0.445. The number of carbonyl (C=O) groups excluding carboxylic acids is 1. The van der Waals surface area contributed by atoms with Crippen LogP contribution in [0.4, 0.5) is 4.39 Å². The van der Waals surface area contributed by atoms with E-state index in [1.807, 2.05) is 12.1 Å². The van der Waals surface area contributed by atoms with Crippen molar-refractivity contribution in [1.82, 2.24) is 5.32 Å². The first-order valence-corrected chi connectivity index (χ1v) is 7.98. The highest BCUT2D eigenvalue weighted by Gasteiger charge is 2.12. The standard InChI is InChI=1S/C19H15ClFNO3/c20-16-3-1-2-4-17(16)24-12-15-9-10-18(25-15)19(23)22-11-13-5-7-14(21)8-6-13/h1-10H,11-12H2,(H,22,23). The van der Waals surface area contributed by atoms with Crippen LogP contribution < -0.4 is 10.1 Å². The van der Waals surface area contributed by atoms with E-state index in [1.165, 1.54) is 12.1 Å². The molecule has 0 aliphatic rings. The van der Waals surface area contributed by atoms with Crippen LogP contribution in [0.15, 0.2) is 65.1 Å². The first-order valence-electron chi connectivity index (χ1n) is 7.60. The Morgan fingerprint density at radius 2 is 1.84 bits per heavy atom. The van der Waals surface area contributed by atoms with Crippen LogP contribution in [0.1, 0.15) is 21.9 Å². The van der Waals surface area contributed by atoms with Gasteiger partial charge >= 0.3 is 0 Å². The van der Waals surface area contributed by atoms with E-state index in [-0.39, 0.29) is 30.6 Å². The molecule has 6 heteroatoms. The first-order chi connectivity index (χ1) is 12.1. The number of benzene rings is 2. The largest absolute Gasteiger partial charge is 0.484 e. The Kier molecular flexibility index (Phi) is 5.36. The molecule has 1 N–H and O–H groups in total. The number of ether oxygens (including phenoxy) is 1. The highest BCUT2D eigenvalue weighted by Crippen LogP contribution is 2.24. The second kappa shape index (κ2) is 7.85. The maximum absolute atomic E-state index is 12.9. The van der Waals surface area contributed by atoms with Gasteiger partial charge in [0, 0.05) is 6.54 Å². The number of furan rings is 1. The Hall–Kier alpha value is -2.79. The molecule has 1 heterocycles. The van der Waals surface area contributed by atoms with Crippen LogP contribution in [-0.2, 0) is 13.2 Å². The summed E-state index contributed by atoms with van der Waals surface area (Å²) in [5.74, 6) is 0.562. The molecule has 0 bridgehead atoms. The number of halogens is 2. The summed E-state index contributed by atoms with van der Waals surface area (Å²) in [5.41, 5.74) is 0.795. The average Bonchev–Trinajstić information content (AvgIpc) is 3.09. The molecule has 2 aromatic carbocycles. The van der Waals surface area contributed by atoms with Crippen LogP contribution in [0.5, 0.6) is 5.75 Å². The Morgan fingerprint density at radius 1 is 1.08 bits per heavy atom. The molecule has 0 unspecified atom stereocenters. The Morgan fingerprint density at radius 3 is 2.60 bits per heavy atom. The van der Waals surface area contributed by atoms with Gasteiger partial charge in [0.1, 0.15) is 23.9 Å². The van der Waals surface area contributed by atoms with Crippen molar-refractivity contribution in [2.75, 3.05) is 0 Å². The summed E-state index contributed by atoms with van der Waals surface area (Å²) in [4.78, 5) is 12.1. The molecule has 0 spiro atoms. The molecule has 0 saturated carbocycles. The maximum atomic E-state index is 12.9. The Balaban J connectivity index is 1.54. The molecule has 4 nitrogen and oxygen atoms in total. The summed E-state index contributed by atoms with van der Waals surface area (Å²) >= 11 is 6.01. The van der Waals surface area contributed by atoms with Crippen LogP contribution in [0.25, 0.3) is 0 Å². The minimum Gasteiger partial charge on any atom is -0.484 e. The number of amides is 1. The van der Waals surface area contributed by atoms with Crippen molar-refractivity contribution in [3.63, 3.8) is 0 Å². The van der Waals surface area contributed by atoms with Gasteiger partial charge in [-0.3, -0.25) is 4.79 Å². The summed E-state index contributed by atoms with van der Waals surface area (Å²) in [7, 11) is 0. The predicted octanol–water partition coefficient (Wildman–Crippen LogP) is 4.58. The fraction of sp³-hybridized carbons (Fsp3) is 0.105. The van der Waals surface area contributed by atoms with Gasteiger partial charge in [-0.2, -0.15) is 0 Å². The lowest BCUT2D eigenvalue weighted by molar-refractivity contribution is 0.0919. The zero-order valence-corrected chi connectivity index (χ0v) is 13.9. The second-order valence-electron chi connectivity index (χ2n) is 5.29. The van der Waals surface area contributed by atoms with E-state index in [0.717, 1.165) is 5.56 Å². The van der Waals surface area contributed by atoms with Crippen molar-refractivity contribution < 1.29 is 18.3 Å². The third kappa shape index (κ3) is 4.61. The number of hydrogen-bond donors (Lipinski definition) is 1. The lowest BCUT2D eigenvalue weighted by atomic mass is 10.2. The predicted molar refractivity (Wildman–Crippen MR) is 92.1 cm³/mol. The topological polar surface area (TPSA) is 51.5 Å². The van der Waals surface area contributed by atoms with E-state index in [2.05, 4.69) is 5.32 Å². The van der Waals surface area contributed by atoms with Crippen LogP contribution in [0.2, 0.25) is 5.02 Å². The van der Waals surface area contributed by atoms with Crippen molar-refractivity contribution in [3.05, 3.63) is 88.6 Å². The number of hydrogen-bond acceptors (Lipinski definition) is 3. The van der Waals surface area contributed by atoms with Crippen molar-refractivity contribution in [1.29, 1.82) is 0 Å². The van der Waals surface area contributed by atoms with E-state index >= 15 is 0 Å². The third-order valence-corrected chi connectivity index (χ3v) is 3.77. The van der Waals surface area contributed by atoms with Gasteiger partial charge in [-0.25, -0.2) is 4.39 Å². The molecule has 128 valence electrons. The molecular formula is C19H15ClFNO3. The summed E-state index contributed by atoms with van der Waals surface area (Å²) in [6, 6.07) is 16.3. The fourth-order valence-electron chi connectivity index (χ4n) is 2.16. The van der Waals surface area contributed by atoms with E-state index < -0.39 is 0 Å². The quantitative estimate of drug-likeness (QED) is 0.700. The first kappa shape index (κ1) is 17.0. The van der Waals surface area contributed by atoms with Crippen molar-refractivity contribution in [2.45, 2.75) is 13.2 Å². The van der Waals surface area contributed by atoms with Crippen LogP contribution >= 0.6 is 11.6 Å². The highest BCUT2D eigenvalue weighted by molar-refractivity contribution is 6.32. The normalized spacial score (nSPS) is 10.5. The smallest absolute Gasteiger partial charge is 0.287 e. The zero-order chi connectivity index (χ0) is 17.6. The highest BCUT2D eigenvalue weighted by atomic mass is 35.5. The zero-order valence-electron chi connectivity index (χ0n) is 13.2. The fourth-order valence-corrected chi connectivity index (χ4v) is 2.35. The van der Waals surface area contributed by atoms with Gasteiger partial charge in [-0.05, 0) is 42.0 Å². The van der Waals surface area contributed by atoms with E-state index in [1.54, 1.807) is 36.4 Å². The summed E-state index contributed by atoms with van der Waals surface area (Å²) in [6.07, 6.45) is 0. The molecule has 0 fully saturated rings. The summed E-state index contributed by atoms with van der Waals surface area (Å²) < 4.78 is 23.9. The minimum atomic E-state index is -0.353. The molecule has 0 saturated heterocycles.